The molecule has 0 bridgehead atoms. The number of fused-ring (bicyclic) bond motifs is 3. The topological polar surface area (TPSA) is 76.1 Å². The molecule has 2 aromatic carbocycles. The molecule has 1 heterocycles. The van der Waals surface area contributed by atoms with Gasteiger partial charge in [0.05, 0.1) is 6.61 Å². The molecule has 146 valence electrons. The largest absolute Gasteiger partial charge is 0.479 e. The van der Waals surface area contributed by atoms with E-state index >= 15 is 0 Å². The lowest BCUT2D eigenvalue weighted by Crippen LogP contribution is -2.56. The Balaban J connectivity index is 1.55. The van der Waals surface area contributed by atoms with Gasteiger partial charge in [-0.15, -0.1) is 0 Å². The SMILES string of the molecule is COCC1(C(=O)O)CCCN1C(=O)OCC1c2ccccc2-c2ccccc21. The maximum atomic E-state index is 12.8. The van der Waals surface area contributed by atoms with E-state index in [4.69, 9.17) is 9.47 Å². The fourth-order valence-corrected chi connectivity index (χ4v) is 4.49. The first-order chi connectivity index (χ1) is 13.6. The van der Waals surface area contributed by atoms with Crippen molar-refractivity contribution in [3.8, 4) is 11.1 Å². The number of hydrogen-bond acceptors (Lipinski definition) is 4. The molecule has 2 aliphatic rings. The molecule has 1 aliphatic heterocycles. The summed E-state index contributed by atoms with van der Waals surface area (Å²) in [4.78, 5) is 26.0. The highest BCUT2D eigenvalue weighted by atomic mass is 16.6. The van der Waals surface area contributed by atoms with Crippen LogP contribution in [0.15, 0.2) is 48.5 Å². The number of aliphatic carboxylic acids is 1. The highest BCUT2D eigenvalue weighted by molar-refractivity contribution is 5.85. The number of carbonyl (C=O) groups is 2. The van der Waals surface area contributed by atoms with Crippen molar-refractivity contribution >= 4 is 12.1 Å². The molecule has 0 spiro atoms. The van der Waals surface area contributed by atoms with Crippen LogP contribution in [0.1, 0.15) is 29.9 Å². The van der Waals surface area contributed by atoms with Crippen molar-refractivity contribution < 1.29 is 24.2 Å². The highest BCUT2D eigenvalue weighted by Crippen LogP contribution is 2.44. The Labute approximate surface area is 163 Å². The smallest absolute Gasteiger partial charge is 0.410 e. The number of nitrogens with zero attached hydrogens (tertiary/aromatic N) is 1. The van der Waals surface area contributed by atoms with Gasteiger partial charge in [-0.2, -0.15) is 0 Å². The Morgan fingerprint density at radius 2 is 1.71 bits per heavy atom. The predicted octanol–water partition coefficient (Wildman–Crippen LogP) is 3.50. The summed E-state index contributed by atoms with van der Waals surface area (Å²) in [6.07, 6.45) is 0.374. The van der Waals surface area contributed by atoms with E-state index in [0.717, 1.165) is 22.3 Å². The minimum absolute atomic E-state index is 0.0491. The Hall–Kier alpha value is -2.86. The first-order valence-corrected chi connectivity index (χ1v) is 9.43. The normalized spacial score (nSPS) is 20.7. The average Bonchev–Trinajstić information content (AvgIpc) is 3.27. The van der Waals surface area contributed by atoms with Crippen molar-refractivity contribution in [2.75, 3.05) is 26.9 Å². The van der Waals surface area contributed by atoms with Crippen LogP contribution in [0.5, 0.6) is 0 Å². The van der Waals surface area contributed by atoms with E-state index in [1.807, 2.05) is 24.3 Å². The molecular formula is C22H23NO5. The van der Waals surface area contributed by atoms with E-state index < -0.39 is 17.6 Å². The van der Waals surface area contributed by atoms with Gasteiger partial charge in [0.25, 0.3) is 0 Å². The molecule has 6 heteroatoms. The molecule has 0 radical (unpaired) electrons. The fraction of sp³-hybridized carbons (Fsp3) is 0.364. The summed E-state index contributed by atoms with van der Waals surface area (Å²) in [6.45, 7) is 0.477. The Bertz CT molecular complexity index is 866. The monoisotopic (exact) mass is 381 g/mol. The summed E-state index contributed by atoms with van der Waals surface area (Å²) < 4.78 is 10.8. The lowest BCUT2D eigenvalue weighted by molar-refractivity contribution is -0.152. The zero-order valence-corrected chi connectivity index (χ0v) is 15.8. The van der Waals surface area contributed by atoms with Crippen molar-refractivity contribution in [3.63, 3.8) is 0 Å². The van der Waals surface area contributed by atoms with Crippen LogP contribution < -0.4 is 0 Å². The van der Waals surface area contributed by atoms with Gasteiger partial charge in [0.1, 0.15) is 6.61 Å². The van der Waals surface area contributed by atoms with Gasteiger partial charge >= 0.3 is 12.1 Å². The van der Waals surface area contributed by atoms with E-state index in [2.05, 4.69) is 24.3 Å². The molecule has 0 aromatic heterocycles. The summed E-state index contributed by atoms with van der Waals surface area (Å²) >= 11 is 0. The molecule has 1 aliphatic carbocycles. The lowest BCUT2D eigenvalue weighted by atomic mass is 9.97. The molecule has 1 fully saturated rings. The van der Waals surface area contributed by atoms with Crippen molar-refractivity contribution in [2.45, 2.75) is 24.3 Å². The van der Waals surface area contributed by atoms with Gasteiger partial charge in [-0.3, -0.25) is 4.90 Å². The Morgan fingerprint density at radius 1 is 1.11 bits per heavy atom. The molecule has 1 atom stereocenters. The van der Waals surface area contributed by atoms with Gasteiger partial charge in [0.2, 0.25) is 0 Å². The van der Waals surface area contributed by atoms with Crippen LogP contribution in [0.4, 0.5) is 4.79 Å². The van der Waals surface area contributed by atoms with Crippen LogP contribution in [0, 0.1) is 0 Å². The van der Waals surface area contributed by atoms with Gasteiger partial charge in [0, 0.05) is 19.6 Å². The number of carboxylic acids is 1. The van der Waals surface area contributed by atoms with Crippen LogP contribution in [0.3, 0.4) is 0 Å². The molecule has 6 nitrogen and oxygen atoms in total. The highest BCUT2D eigenvalue weighted by Gasteiger charge is 2.51. The van der Waals surface area contributed by atoms with Crippen LogP contribution in [0.25, 0.3) is 11.1 Å². The first-order valence-electron chi connectivity index (χ1n) is 9.43. The first kappa shape index (κ1) is 18.5. The molecule has 28 heavy (non-hydrogen) atoms. The molecular weight excluding hydrogens is 358 g/mol. The number of carboxylic acid groups (broad SMARTS) is 1. The average molecular weight is 381 g/mol. The maximum absolute atomic E-state index is 12.8. The van der Waals surface area contributed by atoms with Crippen LogP contribution in [-0.4, -0.2) is 54.5 Å². The maximum Gasteiger partial charge on any atom is 0.410 e. The Morgan fingerprint density at radius 3 is 2.29 bits per heavy atom. The number of rotatable bonds is 5. The van der Waals surface area contributed by atoms with Gasteiger partial charge in [-0.1, -0.05) is 48.5 Å². The van der Waals surface area contributed by atoms with Crippen molar-refractivity contribution in [2.24, 2.45) is 0 Å². The third-order valence-corrected chi connectivity index (χ3v) is 5.83. The minimum Gasteiger partial charge on any atom is -0.479 e. The summed E-state index contributed by atoms with van der Waals surface area (Å²) in [7, 11) is 1.44. The predicted molar refractivity (Wildman–Crippen MR) is 103 cm³/mol. The number of ether oxygens (including phenoxy) is 2. The van der Waals surface area contributed by atoms with Gasteiger partial charge < -0.3 is 14.6 Å². The number of amides is 1. The third-order valence-electron chi connectivity index (χ3n) is 5.83. The summed E-state index contributed by atoms with van der Waals surface area (Å²) in [5, 5.41) is 9.72. The number of methoxy groups -OCH3 is 1. The molecule has 1 unspecified atom stereocenters. The second-order valence-corrected chi connectivity index (χ2v) is 7.33. The fourth-order valence-electron chi connectivity index (χ4n) is 4.49. The zero-order chi connectivity index (χ0) is 19.7. The second-order valence-electron chi connectivity index (χ2n) is 7.33. The molecule has 2 aromatic rings. The Kier molecular flexibility index (Phi) is 4.81. The van der Waals surface area contributed by atoms with Crippen molar-refractivity contribution in [3.05, 3.63) is 59.7 Å². The second kappa shape index (κ2) is 7.28. The molecule has 1 amide bonds. The lowest BCUT2D eigenvalue weighted by Gasteiger charge is -2.33. The van der Waals surface area contributed by atoms with Crippen LogP contribution in [0.2, 0.25) is 0 Å². The molecule has 4 rings (SSSR count). The summed E-state index contributed by atoms with van der Waals surface area (Å²) in [5.74, 6) is -1.11. The number of hydrogen-bond donors (Lipinski definition) is 1. The summed E-state index contributed by atoms with van der Waals surface area (Å²) in [6, 6.07) is 16.2. The number of likely N-dealkylation sites (tertiary alicyclic amines) is 1. The van der Waals surface area contributed by atoms with Gasteiger partial charge in [0.15, 0.2) is 5.54 Å². The number of benzene rings is 2. The minimum atomic E-state index is -1.35. The van der Waals surface area contributed by atoms with Crippen LogP contribution in [-0.2, 0) is 14.3 Å². The molecule has 0 saturated carbocycles. The quantitative estimate of drug-likeness (QED) is 0.858. The van der Waals surface area contributed by atoms with Gasteiger partial charge in [-0.05, 0) is 35.1 Å². The van der Waals surface area contributed by atoms with E-state index in [0.29, 0.717) is 19.4 Å². The molecule has 1 saturated heterocycles. The standard InChI is InChI=1S/C22H23NO5/c1-27-14-22(20(24)25)11-6-12-23(22)21(26)28-13-19-17-9-4-2-7-15(17)16-8-3-5-10-18(16)19/h2-5,7-10,19H,6,11-14H2,1H3,(H,24,25). The third kappa shape index (κ3) is 2.85. The van der Waals surface area contributed by atoms with Gasteiger partial charge in [-0.25, -0.2) is 9.59 Å². The number of carbonyl (C=O) groups excluding carboxylic acids is 1. The van der Waals surface area contributed by atoms with E-state index in [1.165, 1.54) is 12.0 Å². The molecule has 1 N–H and O–H groups in total. The van der Waals surface area contributed by atoms with Crippen LogP contribution >= 0.6 is 0 Å². The zero-order valence-electron chi connectivity index (χ0n) is 15.8. The van der Waals surface area contributed by atoms with E-state index in [9.17, 15) is 14.7 Å². The summed E-state index contributed by atoms with van der Waals surface area (Å²) in [5.41, 5.74) is 3.20. The van der Waals surface area contributed by atoms with Crippen molar-refractivity contribution in [1.82, 2.24) is 4.90 Å². The van der Waals surface area contributed by atoms with E-state index in [-0.39, 0.29) is 19.1 Å². The van der Waals surface area contributed by atoms with E-state index in [1.54, 1.807) is 0 Å². The van der Waals surface area contributed by atoms with Crippen molar-refractivity contribution in [1.29, 1.82) is 0 Å².